The molecule has 1 fully saturated rings. The molecule has 1 saturated heterocycles. The lowest BCUT2D eigenvalue weighted by atomic mass is 9.99. The van der Waals surface area contributed by atoms with E-state index in [9.17, 15) is 5.11 Å². The van der Waals surface area contributed by atoms with E-state index in [1.807, 2.05) is 12.1 Å². The zero-order valence-electron chi connectivity index (χ0n) is 12.7. The summed E-state index contributed by atoms with van der Waals surface area (Å²) in [6.45, 7) is 1.59. The summed E-state index contributed by atoms with van der Waals surface area (Å²) in [5.74, 6) is 0.313. The van der Waals surface area contributed by atoms with Crippen LogP contribution in [0.5, 0.6) is 5.75 Å². The van der Waals surface area contributed by atoms with E-state index in [1.54, 1.807) is 12.1 Å². The van der Waals surface area contributed by atoms with Gasteiger partial charge in [-0.25, -0.2) is 0 Å². The minimum atomic E-state index is 0.313. The van der Waals surface area contributed by atoms with Crippen LogP contribution in [0.1, 0.15) is 24.0 Å². The van der Waals surface area contributed by atoms with Crippen LogP contribution in [0.25, 0.3) is 0 Å². The molecule has 1 aliphatic heterocycles. The van der Waals surface area contributed by atoms with Crippen molar-refractivity contribution in [1.29, 1.82) is 0 Å². The third-order valence-corrected chi connectivity index (χ3v) is 4.21. The molecule has 1 aliphatic rings. The maximum atomic E-state index is 9.28. The number of hydrogen-bond acceptors (Lipinski definition) is 3. The van der Waals surface area contributed by atoms with Crippen molar-refractivity contribution in [2.24, 2.45) is 0 Å². The fourth-order valence-corrected chi connectivity index (χ4v) is 2.88. The second-order valence-corrected chi connectivity index (χ2v) is 5.97. The van der Waals surface area contributed by atoms with Crippen LogP contribution in [0.4, 0.5) is 0 Å². The molecule has 2 N–H and O–H groups in total. The molecule has 0 aromatic heterocycles. The Morgan fingerprint density at radius 3 is 2.41 bits per heavy atom. The van der Waals surface area contributed by atoms with Gasteiger partial charge >= 0.3 is 0 Å². The number of ether oxygens (including phenoxy) is 1. The lowest BCUT2D eigenvalue weighted by molar-refractivity contribution is -0.00227. The fraction of sp³-hybridized carbons (Fsp3) is 0.368. The predicted octanol–water partition coefficient (Wildman–Crippen LogP) is 3.27. The first-order valence-electron chi connectivity index (χ1n) is 7.96. The van der Waals surface area contributed by atoms with Crippen molar-refractivity contribution in [2.45, 2.75) is 38.0 Å². The number of aromatic hydroxyl groups is 1. The molecule has 0 spiro atoms. The average Bonchev–Trinajstić information content (AvgIpc) is 2.57. The van der Waals surface area contributed by atoms with Crippen LogP contribution in [0.3, 0.4) is 0 Å². The van der Waals surface area contributed by atoms with Crippen LogP contribution in [0.2, 0.25) is 0 Å². The number of phenolic OH excluding ortho intramolecular Hbond substituents is 1. The lowest BCUT2D eigenvalue weighted by Crippen LogP contribution is -2.40. The summed E-state index contributed by atoms with van der Waals surface area (Å²) in [4.78, 5) is 0. The third-order valence-electron chi connectivity index (χ3n) is 4.21. The Bertz CT molecular complexity index is 560. The molecule has 1 heterocycles. The van der Waals surface area contributed by atoms with E-state index in [2.05, 4.69) is 35.6 Å². The molecule has 0 unspecified atom stereocenters. The van der Waals surface area contributed by atoms with Gasteiger partial charge in [-0.2, -0.15) is 0 Å². The maximum Gasteiger partial charge on any atom is 0.115 e. The SMILES string of the molecule is Oc1ccc(CN[C@H]2CC[C@@H](Cc3ccccc3)OC2)cc1. The van der Waals surface area contributed by atoms with E-state index in [-0.39, 0.29) is 0 Å². The van der Waals surface area contributed by atoms with Gasteiger partial charge in [-0.3, -0.25) is 0 Å². The monoisotopic (exact) mass is 297 g/mol. The van der Waals surface area contributed by atoms with Gasteiger partial charge in [0.15, 0.2) is 0 Å². The van der Waals surface area contributed by atoms with E-state index in [4.69, 9.17) is 4.74 Å². The molecule has 0 radical (unpaired) electrons. The second-order valence-electron chi connectivity index (χ2n) is 5.97. The van der Waals surface area contributed by atoms with E-state index in [1.165, 1.54) is 11.1 Å². The zero-order chi connectivity index (χ0) is 15.2. The van der Waals surface area contributed by atoms with E-state index >= 15 is 0 Å². The van der Waals surface area contributed by atoms with Gasteiger partial charge in [-0.15, -0.1) is 0 Å². The van der Waals surface area contributed by atoms with Crippen LogP contribution in [-0.2, 0) is 17.7 Å². The number of phenols is 1. The number of benzene rings is 2. The van der Waals surface area contributed by atoms with E-state index in [0.29, 0.717) is 17.9 Å². The molecular formula is C19H23NO2. The molecule has 3 heteroatoms. The highest BCUT2D eigenvalue weighted by atomic mass is 16.5. The Morgan fingerprint density at radius 2 is 1.73 bits per heavy atom. The molecule has 2 atom stereocenters. The Kier molecular flexibility index (Phi) is 5.09. The van der Waals surface area contributed by atoms with Gasteiger partial charge in [0.25, 0.3) is 0 Å². The molecule has 0 aliphatic carbocycles. The van der Waals surface area contributed by atoms with Crippen molar-refractivity contribution >= 4 is 0 Å². The highest BCUT2D eigenvalue weighted by molar-refractivity contribution is 5.25. The number of rotatable bonds is 5. The van der Waals surface area contributed by atoms with Crippen LogP contribution in [0.15, 0.2) is 54.6 Å². The molecule has 3 nitrogen and oxygen atoms in total. The van der Waals surface area contributed by atoms with Gasteiger partial charge in [0.2, 0.25) is 0 Å². The van der Waals surface area contributed by atoms with E-state index in [0.717, 1.165) is 32.4 Å². The summed E-state index contributed by atoms with van der Waals surface area (Å²) < 4.78 is 6.00. The van der Waals surface area contributed by atoms with Gasteiger partial charge in [0.05, 0.1) is 12.7 Å². The topological polar surface area (TPSA) is 41.5 Å². The van der Waals surface area contributed by atoms with Crippen LogP contribution in [0, 0.1) is 0 Å². The van der Waals surface area contributed by atoms with Crippen molar-refractivity contribution < 1.29 is 9.84 Å². The summed E-state index contributed by atoms with van der Waals surface area (Å²) in [6, 6.07) is 18.3. The Hall–Kier alpha value is -1.84. The van der Waals surface area contributed by atoms with Gasteiger partial charge in [-0.1, -0.05) is 42.5 Å². The summed E-state index contributed by atoms with van der Waals surface area (Å²) >= 11 is 0. The molecule has 116 valence electrons. The van der Waals surface area contributed by atoms with Crippen molar-refractivity contribution in [3.63, 3.8) is 0 Å². The first kappa shape index (κ1) is 15.1. The molecule has 0 bridgehead atoms. The fourth-order valence-electron chi connectivity index (χ4n) is 2.88. The minimum Gasteiger partial charge on any atom is -0.508 e. The van der Waals surface area contributed by atoms with Crippen molar-refractivity contribution in [3.05, 3.63) is 65.7 Å². The van der Waals surface area contributed by atoms with Crippen LogP contribution < -0.4 is 5.32 Å². The summed E-state index contributed by atoms with van der Waals surface area (Å²) in [6.07, 6.45) is 3.59. The van der Waals surface area contributed by atoms with Crippen molar-refractivity contribution in [3.8, 4) is 5.75 Å². The molecule has 0 saturated carbocycles. The molecule has 2 aromatic rings. The normalized spacial score (nSPS) is 21.6. The Morgan fingerprint density at radius 1 is 0.955 bits per heavy atom. The van der Waals surface area contributed by atoms with Crippen LogP contribution in [-0.4, -0.2) is 23.9 Å². The van der Waals surface area contributed by atoms with Gasteiger partial charge < -0.3 is 15.2 Å². The largest absolute Gasteiger partial charge is 0.508 e. The summed E-state index contributed by atoms with van der Waals surface area (Å²) in [5.41, 5.74) is 2.53. The molecular weight excluding hydrogens is 274 g/mol. The Labute approximate surface area is 131 Å². The second kappa shape index (κ2) is 7.43. The Balaban J connectivity index is 1.41. The highest BCUT2D eigenvalue weighted by Gasteiger charge is 2.21. The first-order chi connectivity index (χ1) is 10.8. The van der Waals surface area contributed by atoms with Crippen molar-refractivity contribution in [1.82, 2.24) is 5.32 Å². The first-order valence-corrected chi connectivity index (χ1v) is 7.96. The van der Waals surface area contributed by atoms with Gasteiger partial charge in [0.1, 0.15) is 5.75 Å². The van der Waals surface area contributed by atoms with Gasteiger partial charge in [-0.05, 0) is 42.5 Å². The molecule has 3 rings (SSSR count). The van der Waals surface area contributed by atoms with Crippen LogP contribution >= 0.6 is 0 Å². The third kappa shape index (κ3) is 4.33. The lowest BCUT2D eigenvalue weighted by Gasteiger charge is -2.30. The molecule has 2 aromatic carbocycles. The van der Waals surface area contributed by atoms with Crippen molar-refractivity contribution in [2.75, 3.05) is 6.61 Å². The molecule has 22 heavy (non-hydrogen) atoms. The standard InChI is InChI=1S/C19H23NO2/c21-18-9-6-16(7-10-18)13-20-17-8-11-19(22-14-17)12-15-4-2-1-3-5-15/h1-7,9-10,17,19-21H,8,11-14H2/t17-,19-/m0/s1. The highest BCUT2D eigenvalue weighted by Crippen LogP contribution is 2.18. The minimum absolute atomic E-state index is 0.313. The maximum absolute atomic E-state index is 9.28. The molecule has 0 amide bonds. The quantitative estimate of drug-likeness (QED) is 0.890. The van der Waals surface area contributed by atoms with E-state index < -0.39 is 0 Å². The van der Waals surface area contributed by atoms with Gasteiger partial charge in [0, 0.05) is 12.6 Å². The summed E-state index contributed by atoms with van der Waals surface area (Å²) in [7, 11) is 0. The number of hydrogen-bond donors (Lipinski definition) is 2. The average molecular weight is 297 g/mol. The zero-order valence-corrected chi connectivity index (χ0v) is 12.7. The number of nitrogens with one attached hydrogen (secondary N) is 1. The summed E-state index contributed by atoms with van der Waals surface area (Å²) in [5, 5.41) is 12.8. The smallest absolute Gasteiger partial charge is 0.115 e. The predicted molar refractivity (Wildman–Crippen MR) is 87.9 cm³/mol.